The lowest BCUT2D eigenvalue weighted by molar-refractivity contribution is -0.140. The van der Waals surface area contributed by atoms with Crippen LogP contribution in [0.5, 0.6) is 11.5 Å². The molecule has 2 aromatic carbocycles. The van der Waals surface area contributed by atoms with Gasteiger partial charge in [-0.3, -0.25) is 14.6 Å². The second kappa shape index (κ2) is 10.3. The summed E-state index contributed by atoms with van der Waals surface area (Å²) in [6.45, 7) is 0.110. The standard InChI is InChI=1S/C27H24N2O7/c1-34-20-9-8-19(14-21(20)35-2)24(30)22-23(17-4-6-18(7-5-17)27(33)36-3)29(26(32)25(22)31)15-16-10-12-28-13-11-16/h4-14,23,30H,15H2,1-3H3. The minimum absolute atomic E-state index is 0.0768. The van der Waals surface area contributed by atoms with Crippen molar-refractivity contribution >= 4 is 23.4 Å². The molecule has 1 aromatic heterocycles. The maximum absolute atomic E-state index is 13.3. The second-order valence-electron chi connectivity index (χ2n) is 7.97. The average molecular weight is 488 g/mol. The topological polar surface area (TPSA) is 115 Å². The molecule has 9 nitrogen and oxygen atoms in total. The molecule has 1 aliphatic heterocycles. The van der Waals surface area contributed by atoms with Gasteiger partial charge in [0, 0.05) is 24.5 Å². The molecule has 1 aliphatic rings. The molecule has 36 heavy (non-hydrogen) atoms. The molecular formula is C27H24N2O7. The Bertz CT molecular complexity index is 1330. The van der Waals surface area contributed by atoms with Crippen molar-refractivity contribution in [2.45, 2.75) is 12.6 Å². The number of benzene rings is 2. The van der Waals surface area contributed by atoms with Crippen molar-refractivity contribution in [1.29, 1.82) is 0 Å². The Kier molecular flexibility index (Phi) is 7.00. The lowest BCUT2D eigenvalue weighted by atomic mass is 9.94. The molecular weight excluding hydrogens is 464 g/mol. The molecule has 1 fully saturated rings. The number of carbonyl (C=O) groups excluding carboxylic acids is 3. The number of aliphatic hydroxyl groups excluding tert-OH is 1. The third kappa shape index (κ3) is 4.50. The minimum Gasteiger partial charge on any atom is -0.507 e. The Morgan fingerprint density at radius 2 is 1.56 bits per heavy atom. The number of Topliss-reactive ketones (excluding diaryl/α,β-unsaturated/α-hetero) is 1. The van der Waals surface area contributed by atoms with E-state index in [1.165, 1.54) is 32.3 Å². The van der Waals surface area contributed by atoms with Crippen LogP contribution in [0.2, 0.25) is 0 Å². The van der Waals surface area contributed by atoms with Crippen LogP contribution >= 0.6 is 0 Å². The van der Waals surface area contributed by atoms with Crippen LogP contribution in [-0.2, 0) is 20.9 Å². The van der Waals surface area contributed by atoms with Crippen molar-refractivity contribution in [3.8, 4) is 11.5 Å². The fourth-order valence-corrected chi connectivity index (χ4v) is 4.13. The molecule has 0 spiro atoms. The first-order valence-corrected chi connectivity index (χ1v) is 11.0. The molecule has 0 saturated carbocycles. The Balaban J connectivity index is 1.86. The molecule has 9 heteroatoms. The monoisotopic (exact) mass is 488 g/mol. The second-order valence-corrected chi connectivity index (χ2v) is 7.97. The third-order valence-electron chi connectivity index (χ3n) is 5.95. The molecule has 0 aliphatic carbocycles. The summed E-state index contributed by atoms with van der Waals surface area (Å²) in [6.07, 6.45) is 3.19. The lowest BCUT2D eigenvalue weighted by Gasteiger charge is -2.25. The van der Waals surface area contributed by atoms with Gasteiger partial charge < -0.3 is 24.2 Å². The fraction of sp³-hybridized carbons (Fsp3) is 0.185. The Morgan fingerprint density at radius 1 is 0.917 bits per heavy atom. The number of likely N-dealkylation sites (tertiary alicyclic amines) is 1. The largest absolute Gasteiger partial charge is 0.507 e. The quantitative estimate of drug-likeness (QED) is 0.233. The molecule has 2 heterocycles. The number of ether oxygens (including phenoxy) is 3. The molecule has 3 aromatic rings. The van der Waals surface area contributed by atoms with Crippen LogP contribution in [0.3, 0.4) is 0 Å². The molecule has 1 unspecified atom stereocenters. The highest BCUT2D eigenvalue weighted by molar-refractivity contribution is 6.46. The number of amides is 1. The zero-order valence-corrected chi connectivity index (χ0v) is 19.9. The van der Waals surface area contributed by atoms with Gasteiger partial charge >= 0.3 is 5.97 Å². The maximum Gasteiger partial charge on any atom is 0.337 e. The number of esters is 1. The summed E-state index contributed by atoms with van der Waals surface area (Å²) in [4.78, 5) is 43.7. The highest BCUT2D eigenvalue weighted by atomic mass is 16.5. The first-order chi connectivity index (χ1) is 17.4. The van der Waals surface area contributed by atoms with E-state index in [4.69, 9.17) is 14.2 Å². The number of aliphatic hydroxyl groups is 1. The number of hydrogen-bond acceptors (Lipinski definition) is 8. The number of methoxy groups -OCH3 is 3. The number of nitrogens with zero attached hydrogens (tertiary/aromatic N) is 2. The van der Waals surface area contributed by atoms with Crippen molar-refractivity contribution in [2.75, 3.05) is 21.3 Å². The van der Waals surface area contributed by atoms with E-state index in [0.717, 1.165) is 5.56 Å². The van der Waals surface area contributed by atoms with E-state index in [-0.39, 0.29) is 23.4 Å². The summed E-state index contributed by atoms with van der Waals surface area (Å²) in [6, 6.07) is 13.6. The Labute approximate surface area is 207 Å². The maximum atomic E-state index is 13.3. The van der Waals surface area contributed by atoms with Gasteiger partial charge in [0.1, 0.15) is 5.76 Å². The average Bonchev–Trinajstić information content (AvgIpc) is 3.17. The van der Waals surface area contributed by atoms with Gasteiger partial charge in [0.15, 0.2) is 11.5 Å². The number of hydrogen-bond donors (Lipinski definition) is 1. The number of carbonyl (C=O) groups is 3. The van der Waals surface area contributed by atoms with Crippen LogP contribution in [0, 0.1) is 0 Å². The van der Waals surface area contributed by atoms with Gasteiger partial charge in [-0.1, -0.05) is 12.1 Å². The van der Waals surface area contributed by atoms with E-state index >= 15 is 0 Å². The summed E-state index contributed by atoms with van der Waals surface area (Å²) in [5.41, 5.74) is 1.82. The summed E-state index contributed by atoms with van der Waals surface area (Å²) < 4.78 is 15.3. The Morgan fingerprint density at radius 3 is 2.17 bits per heavy atom. The van der Waals surface area contributed by atoms with E-state index in [1.807, 2.05) is 0 Å². The van der Waals surface area contributed by atoms with E-state index in [0.29, 0.717) is 22.6 Å². The minimum atomic E-state index is -0.905. The van der Waals surface area contributed by atoms with Crippen LogP contribution < -0.4 is 9.47 Å². The number of pyridine rings is 1. The zero-order chi connectivity index (χ0) is 25.8. The van der Waals surface area contributed by atoms with Crippen molar-refractivity contribution in [3.05, 3.63) is 94.8 Å². The molecule has 1 amide bonds. The number of aromatic nitrogens is 1. The third-order valence-corrected chi connectivity index (χ3v) is 5.95. The SMILES string of the molecule is COC(=O)c1ccc(C2C(=C(O)c3ccc(OC)c(OC)c3)C(=O)C(=O)N2Cc2ccncc2)cc1. The zero-order valence-electron chi connectivity index (χ0n) is 19.9. The summed E-state index contributed by atoms with van der Waals surface area (Å²) in [5, 5.41) is 11.3. The summed E-state index contributed by atoms with van der Waals surface area (Å²) in [7, 11) is 4.22. The van der Waals surface area contributed by atoms with Gasteiger partial charge in [-0.05, 0) is 53.6 Å². The van der Waals surface area contributed by atoms with Crippen LogP contribution in [0.1, 0.15) is 33.1 Å². The van der Waals surface area contributed by atoms with Gasteiger partial charge in [0.25, 0.3) is 11.7 Å². The molecule has 0 bridgehead atoms. The van der Waals surface area contributed by atoms with Gasteiger partial charge in [-0.15, -0.1) is 0 Å². The van der Waals surface area contributed by atoms with Gasteiger partial charge in [0.2, 0.25) is 0 Å². The molecule has 1 saturated heterocycles. The van der Waals surface area contributed by atoms with Gasteiger partial charge in [0.05, 0.1) is 38.5 Å². The van der Waals surface area contributed by atoms with Crippen LogP contribution in [0.4, 0.5) is 0 Å². The summed E-state index contributed by atoms with van der Waals surface area (Å²) >= 11 is 0. The smallest absolute Gasteiger partial charge is 0.337 e. The Hall–Kier alpha value is -4.66. The number of ketones is 1. The number of rotatable bonds is 7. The fourth-order valence-electron chi connectivity index (χ4n) is 4.13. The lowest BCUT2D eigenvalue weighted by Crippen LogP contribution is -2.29. The van der Waals surface area contributed by atoms with Crippen molar-refractivity contribution in [3.63, 3.8) is 0 Å². The van der Waals surface area contributed by atoms with Crippen molar-refractivity contribution in [1.82, 2.24) is 9.88 Å². The van der Waals surface area contributed by atoms with E-state index in [2.05, 4.69) is 4.98 Å². The van der Waals surface area contributed by atoms with Crippen molar-refractivity contribution in [2.24, 2.45) is 0 Å². The van der Waals surface area contributed by atoms with Gasteiger partial charge in [-0.2, -0.15) is 0 Å². The predicted octanol–water partition coefficient (Wildman–Crippen LogP) is 3.51. The normalized spacial score (nSPS) is 16.6. The van der Waals surface area contributed by atoms with E-state index in [1.54, 1.807) is 60.9 Å². The summed E-state index contributed by atoms with van der Waals surface area (Å²) in [5.74, 6) is -1.64. The molecule has 184 valence electrons. The molecule has 0 radical (unpaired) electrons. The highest BCUT2D eigenvalue weighted by Crippen LogP contribution is 2.41. The van der Waals surface area contributed by atoms with Crippen LogP contribution in [0.15, 0.2) is 72.6 Å². The highest BCUT2D eigenvalue weighted by Gasteiger charge is 2.46. The molecule has 1 N–H and O–H groups in total. The van der Waals surface area contributed by atoms with Crippen molar-refractivity contribution < 1.29 is 33.7 Å². The van der Waals surface area contributed by atoms with E-state index in [9.17, 15) is 19.5 Å². The van der Waals surface area contributed by atoms with Gasteiger partial charge in [-0.25, -0.2) is 4.79 Å². The first-order valence-electron chi connectivity index (χ1n) is 11.0. The van der Waals surface area contributed by atoms with E-state index < -0.39 is 23.7 Å². The molecule has 1 atom stereocenters. The molecule has 4 rings (SSSR count). The predicted molar refractivity (Wildman–Crippen MR) is 129 cm³/mol. The first kappa shape index (κ1) is 24.5. The van der Waals surface area contributed by atoms with Crippen LogP contribution in [-0.4, -0.2) is 54.0 Å². The van der Waals surface area contributed by atoms with Crippen LogP contribution in [0.25, 0.3) is 5.76 Å².